The van der Waals surface area contributed by atoms with Gasteiger partial charge in [-0.2, -0.15) is 13.2 Å². The van der Waals surface area contributed by atoms with E-state index in [9.17, 15) is 18.0 Å². The number of rotatable bonds is 2. The molecule has 0 radical (unpaired) electrons. The molecule has 0 bridgehead atoms. The monoisotopic (exact) mass is 442 g/mol. The van der Waals surface area contributed by atoms with Gasteiger partial charge < -0.3 is 15.4 Å². The number of benzene rings is 1. The number of hydrogen-bond donors (Lipinski definition) is 1. The number of carbonyl (C=O) groups is 1. The Morgan fingerprint density at radius 2 is 2.06 bits per heavy atom. The van der Waals surface area contributed by atoms with E-state index in [1.807, 2.05) is 0 Å². The fraction of sp³-hybridized carbons (Fsp3) is 0.238. The molecule has 2 N–H and O–H groups in total. The quantitative estimate of drug-likeness (QED) is 0.512. The highest BCUT2D eigenvalue weighted by atomic mass is 19.4. The summed E-state index contributed by atoms with van der Waals surface area (Å²) >= 11 is 0. The van der Waals surface area contributed by atoms with Crippen molar-refractivity contribution >= 4 is 28.3 Å². The van der Waals surface area contributed by atoms with Gasteiger partial charge in [-0.3, -0.25) is 9.20 Å². The molecule has 3 aromatic heterocycles. The molecular formula is C21H17F3N6O2. The number of nitrogen functional groups attached to an aromatic ring is 1. The van der Waals surface area contributed by atoms with Gasteiger partial charge in [-0.15, -0.1) is 0 Å². The normalized spacial score (nSPS) is 16.3. The molecule has 1 amide bonds. The predicted octanol–water partition coefficient (Wildman–Crippen LogP) is 3.22. The van der Waals surface area contributed by atoms with E-state index in [0.717, 1.165) is 6.07 Å². The molecular weight excluding hydrogens is 425 g/mol. The molecule has 0 spiro atoms. The second-order valence-electron chi connectivity index (χ2n) is 7.53. The largest absolute Gasteiger partial charge is 0.433 e. The zero-order valence-corrected chi connectivity index (χ0v) is 16.8. The summed E-state index contributed by atoms with van der Waals surface area (Å²) in [6.45, 7) is 0.112. The minimum Gasteiger partial charge on any atom is -0.373 e. The molecule has 5 rings (SSSR count). The molecule has 11 heteroatoms. The summed E-state index contributed by atoms with van der Waals surface area (Å²) in [5.74, 6) is -0.0365. The van der Waals surface area contributed by atoms with Crippen molar-refractivity contribution in [3.8, 4) is 0 Å². The smallest absolute Gasteiger partial charge is 0.373 e. The molecule has 1 aliphatic rings. The number of anilines is 1. The molecule has 1 aromatic carbocycles. The average molecular weight is 442 g/mol. The molecule has 0 fully saturated rings. The summed E-state index contributed by atoms with van der Waals surface area (Å²) in [6, 6.07) is 6.75. The maximum atomic E-state index is 13.3. The van der Waals surface area contributed by atoms with Crippen LogP contribution in [0.5, 0.6) is 0 Å². The standard InChI is InChI=1S/C21H17F3N6O2/c1-29(17-9-32-8-15-12(17)3-5-18(27-15)21(22,23)24)19(31)11-2-4-14-13(6-11)16-7-26-10-30(16)20(25)28-14/h2-7,10,17H,8-9H2,1H3,(H2,25,28). The van der Waals surface area contributed by atoms with Gasteiger partial charge in [-0.1, -0.05) is 6.07 Å². The third kappa shape index (κ3) is 3.21. The number of fused-ring (bicyclic) bond motifs is 4. The highest BCUT2D eigenvalue weighted by molar-refractivity contribution is 6.02. The Morgan fingerprint density at radius 1 is 1.25 bits per heavy atom. The van der Waals surface area contributed by atoms with Crippen molar-refractivity contribution < 1.29 is 22.7 Å². The van der Waals surface area contributed by atoms with Gasteiger partial charge in [0.25, 0.3) is 5.91 Å². The Labute approximate surface area is 179 Å². The van der Waals surface area contributed by atoms with Crippen molar-refractivity contribution in [1.82, 2.24) is 24.3 Å². The molecule has 1 unspecified atom stereocenters. The Morgan fingerprint density at radius 3 is 2.84 bits per heavy atom. The first-order chi connectivity index (χ1) is 15.2. The third-order valence-electron chi connectivity index (χ3n) is 5.60. The summed E-state index contributed by atoms with van der Waals surface area (Å²) in [7, 11) is 1.59. The lowest BCUT2D eigenvalue weighted by Crippen LogP contribution is -2.36. The van der Waals surface area contributed by atoms with Crippen LogP contribution in [0.1, 0.15) is 33.4 Å². The van der Waals surface area contributed by atoms with Crippen LogP contribution in [0, 0.1) is 0 Å². The first-order valence-electron chi connectivity index (χ1n) is 9.67. The highest BCUT2D eigenvalue weighted by Gasteiger charge is 2.35. The van der Waals surface area contributed by atoms with Gasteiger partial charge in [0.15, 0.2) is 0 Å². The Balaban J connectivity index is 1.50. The SMILES string of the molecule is CN(C(=O)c1ccc2nc(N)n3cncc3c2c1)C1COCc2nc(C(F)(F)F)ccc21. The van der Waals surface area contributed by atoms with E-state index in [0.29, 0.717) is 27.5 Å². The van der Waals surface area contributed by atoms with Gasteiger partial charge in [0.05, 0.1) is 42.2 Å². The highest BCUT2D eigenvalue weighted by Crippen LogP contribution is 2.34. The summed E-state index contributed by atoms with van der Waals surface area (Å²) < 4.78 is 46.1. The van der Waals surface area contributed by atoms with Crippen LogP contribution >= 0.6 is 0 Å². The van der Waals surface area contributed by atoms with Gasteiger partial charge in [0, 0.05) is 23.6 Å². The zero-order valence-electron chi connectivity index (χ0n) is 16.8. The molecule has 0 aliphatic carbocycles. The lowest BCUT2D eigenvalue weighted by atomic mass is 10.0. The fourth-order valence-electron chi connectivity index (χ4n) is 3.94. The number of amides is 1. The maximum absolute atomic E-state index is 13.3. The summed E-state index contributed by atoms with van der Waals surface area (Å²) in [6.07, 6.45) is -1.38. The summed E-state index contributed by atoms with van der Waals surface area (Å²) in [5.41, 5.74) is 7.38. The number of carbonyl (C=O) groups excluding carboxylic acids is 1. The molecule has 1 atom stereocenters. The number of likely N-dealkylation sites (N-methyl/N-ethyl adjacent to an activating group) is 1. The van der Waals surface area contributed by atoms with Crippen molar-refractivity contribution in [2.75, 3.05) is 19.4 Å². The van der Waals surface area contributed by atoms with Gasteiger partial charge >= 0.3 is 6.18 Å². The Hall–Kier alpha value is -3.73. The predicted molar refractivity (Wildman–Crippen MR) is 109 cm³/mol. The number of aromatic nitrogens is 4. The maximum Gasteiger partial charge on any atom is 0.433 e. The average Bonchev–Trinajstić information content (AvgIpc) is 3.28. The van der Waals surface area contributed by atoms with E-state index in [1.54, 1.807) is 35.8 Å². The van der Waals surface area contributed by atoms with Gasteiger partial charge in [-0.25, -0.2) is 15.0 Å². The lowest BCUT2D eigenvalue weighted by molar-refractivity contribution is -0.141. The van der Waals surface area contributed by atoms with Crippen LogP contribution in [0.2, 0.25) is 0 Å². The zero-order chi connectivity index (χ0) is 22.6. The first-order valence-corrected chi connectivity index (χ1v) is 9.67. The van der Waals surface area contributed by atoms with E-state index in [4.69, 9.17) is 10.5 Å². The van der Waals surface area contributed by atoms with Crippen LogP contribution in [0.15, 0.2) is 42.9 Å². The van der Waals surface area contributed by atoms with E-state index < -0.39 is 17.9 Å². The minimum absolute atomic E-state index is 0.0416. The molecule has 4 aromatic rings. The topological polar surface area (TPSA) is 98.6 Å². The number of ether oxygens (including phenoxy) is 1. The van der Waals surface area contributed by atoms with Gasteiger partial charge in [0.1, 0.15) is 12.0 Å². The van der Waals surface area contributed by atoms with Gasteiger partial charge in [-0.05, 0) is 24.3 Å². The Kier molecular flexibility index (Phi) is 4.52. The van der Waals surface area contributed by atoms with Crippen molar-refractivity contribution in [3.05, 3.63) is 65.4 Å². The van der Waals surface area contributed by atoms with Crippen LogP contribution in [0.4, 0.5) is 19.1 Å². The molecule has 4 heterocycles. The number of pyridine rings is 1. The van der Waals surface area contributed by atoms with Crippen molar-refractivity contribution in [2.24, 2.45) is 0 Å². The third-order valence-corrected chi connectivity index (χ3v) is 5.60. The molecule has 32 heavy (non-hydrogen) atoms. The molecule has 0 saturated carbocycles. The minimum atomic E-state index is -4.55. The fourth-order valence-corrected chi connectivity index (χ4v) is 3.94. The van der Waals surface area contributed by atoms with Crippen LogP contribution < -0.4 is 5.73 Å². The first kappa shape index (κ1) is 20.2. The van der Waals surface area contributed by atoms with E-state index in [-0.39, 0.29) is 30.8 Å². The van der Waals surface area contributed by atoms with Crippen molar-refractivity contribution in [1.29, 1.82) is 0 Å². The number of alkyl halides is 3. The van der Waals surface area contributed by atoms with E-state index >= 15 is 0 Å². The summed E-state index contributed by atoms with van der Waals surface area (Å²) in [4.78, 5) is 26.8. The molecule has 0 saturated heterocycles. The van der Waals surface area contributed by atoms with Crippen LogP contribution in [-0.4, -0.2) is 43.8 Å². The lowest BCUT2D eigenvalue weighted by Gasteiger charge is -2.33. The number of nitrogens with zero attached hydrogens (tertiary/aromatic N) is 5. The van der Waals surface area contributed by atoms with E-state index in [2.05, 4.69) is 15.0 Å². The molecule has 8 nitrogen and oxygen atoms in total. The van der Waals surface area contributed by atoms with Crippen molar-refractivity contribution in [2.45, 2.75) is 18.8 Å². The molecule has 1 aliphatic heterocycles. The van der Waals surface area contributed by atoms with Crippen LogP contribution in [-0.2, 0) is 17.5 Å². The number of nitrogens with two attached hydrogens (primary N) is 1. The van der Waals surface area contributed by atoms with Crippen LogP contribution in [0.25, 0.3) is 16.4 Å². The second kappa shape index (κ2) is 7.16. The van der Waals surface area contributed by atoms with E-state index in [1.165, 1.54) is 17.3 Å². The number of halogens is 3. The number of imidazole rings is 1. The second-order valence-corrected chi connectivity index (χ2v) is 7.53. The number of hydrogen-bond acceptors (Lipinski definition) is 6. The van der Waals surface area contributed by atoms with Gasteiger partial charge in [0.2, 0.25) is 5.95 Å². The van der Waals surface area contributed by atoms with Crippen LogP contribution in [0.3, 0.4) is 0 Å². The molecule has 164 valence electrons. The Bertz CT molecular complexity index is 1370. The summed E-state index contributed by atoms with van der Waals surface area (Å²) in [5, 5.41) is 0.702. The van der Waals surface area contributed by atoms with Crippen molar-refractivity contribution in [3.63, 3.8) is 0 Å².